The fraction of sp³-hybridized carbons (Fsp3) is 0.750. The first-order chi connectivity index (χ1) is 5.24. The van der Waals surface area contributed by atoms with Crippen LogP contribution in [0.4, 0.5) is 0 Å². The Morgan fingerprint density at radius 2 is 2.00 bits per heavy atom. The first-order valence-electron chi connectivity index (χ1n) is 4.05. The summed E-state index contributed by atoms with van der Waals surface area (Å²) in [5.74, 6) is 0.778. The van der Waals surface area contributed by atoms with Crippen LogP contribution in [0.25, 0.3) is 0 Å². The molecule has 0 aromatic rings. The minimum atomic E-state index is 0.124. The van der Waals surface area contributed by atoms with Crippen molar-refractivity contribution in [1.29, 1.82) is 0 Å². The first-order valence-corrected chi connectivity index (χ1v) is 4.05. The number of hydrogen-bond acceptors (Lipinski definition) is 2. The van der Waals surface area contributed by atoms with E-state index in [0.29, 0.717) is 31.0 Å². The monoisotopic (exact) mass is 153 g/mol. The summed E-state index contributed by atoms with van der Waals surface area (Å²) in [6.45, 7) is 0. The Labute approximate surface area is 65.2 Å². The summed E-state index contributed by atoms with van der Waals surface area (Å²) in [4.78, 5) is 22.0. The molecule has 2 fully saturated rings. The van der Waals surface area contributed by atoms with Crippen LogP contribution in [0.2, 0.25) is 0 Å². The van der Waals surface area contributed by atoms with Crippen molar-refractivity contribution < 1.29 is 9.59 Å². The fourth-order valence-electron chi connectivity index (χ4n) is 2.06. The van der Waals surface area contributed by atoms with E-state index in [-0.39, 0.29) is 11.9 Å². The molecule has 1 saturated heterocycles. The van der Waals surface area contributed by atoms with Crippen molar-refractivity contribution in [2.45, 2.75) is 31.7 Å². The maximum Gasteiger partial charge on any atom is 0.220 e. The zero-order valence-corrected chi connectivity index (χ0v) is 6.30. The van der Waals surface area contributed by atoms with Crippen molar-refractivity contribution in [2.24, 2.45) is 5.92 Å². The van der Waals surface area contributed by atoms with Crippen molar-refractivity contribution in [2.75, 3.05) is 0 Å². The van der Waals surface area contributed by atoms with Gasteiger partial charge in [0.1, 0.15) is 5.78 Å². The second kappa shape index (κ2) is 2.32. The lowest BCUT2D eigenvalue weighted by Crippen LogP contribution is -2.47. The highest BCUT2D eigenvalue weighted by Crippen LogP contribution is 2.27. The smallest absolute Gasteiger partial charge is 0.220 e. The molecule has 2 atom stereocenters. The van der Waals surface area contributed by atoms with Crippen LogP contribution in [-0.2, 0) is 9.59 Å². The zero-order chi connectivity index (χ0) is 7.84. The highest BCUT2D eigenvalue weighted by molar-refractivity contribution is 5.85. The van der Waals surface area contributed by atoms with Crippen molar-refractivity contribution in [3.05, 3.63) is 0 Å². The van der Waals surface area contributed by atoms with E-state index in [2.05, 4.69) is 5.32 Å². The van der Waals surface area contributed by atoms with E-state index in [4.69, 9.17) is 0 Å². The van der Waals surface area contributed by atoms with Crippen LogP contribution < -0.4 is 5.32 Å². The molecule has 0 spiro atoms. The van der Waals surface area contributed by atoms with Crippen molar-refractivity contribution >= 4 is 11.7 Å². The third-order valence-electron chi connectivity index (χ3n) is 2.45. The van der Waals surface area contributed by atoms with E-state index < -0.39 is 0 Å². The van der Waals surface area contributed by atoms with Gasteiger partial charge in [-0.2, -0.15) is 0 Å². The molecular formula is C8H11NO2. The number of Topliss-reactive ketones (excluding diaryl/α,β-unsaturated/α-hetero) is 1. The second-order valence-corrected chi connectivity index (χ2v) is 3.52. The van der Waals surface area contributed by atoms with Gasteiger partial charge in [-0.25, -0.2) is 0 Å². The summed E-state index contributed by atoms with van der Waals surface area (Å²) in [5, 5.41) is 2.82. The molecular weight excluding hydrogens is 142 g/mol. The van der Waals surface area contributed by atoms with E-state index in [1.807, 2.05) is 0 Å². The first kappa shape index (κ1) is 6.83. The fourth-order valence-corrected chi connectivity index (χ4v) is 2.06. The van der Waals surface area contributed by atoms with Gasteiger partial charge in [0.25, 0.3) is 0 Å². The summed E-state index contributed by atoms with van der Waals surface area (Å²) in [6.07, 6.45) is 2.76. The Morgan fingerprint density at radius 3 is 2.73 bits per heavy atom. The number of amides is 1. The van der Waals surface area contributed by atoms with Gasteiger partial charge in [-0.15, -0.1) is 0 Å². The Kier molecular flexibility index (Phi) is 1.44. The lowest BCUT2D eigenvalue weighted by atomic mass is 9.80. The van der Waals surface area contributed by atoms with Crippen molar-refractivity contribution in [3.8, 4) is 0 Å². The summed E-state index contributed by atoms with van der Waals surface area (Å²) in [6, 6.07) is 0.155. The molecule has 11 heavy (non-hydrogen) atoms. The van der Waals surface area contributed by atoms with Crippen LogP contribution in [0.1, 0.15) is 25.7 Å². The number of fused-ring (bicyclic) bond motifs is 2. The number of nitrogens with one attached hydrogen (secondary N) is 1. The molecule has 1 saturated carbocycles. The topological polar surface area (TPSA) is 46.2 Å². The van der Waals surface area contributed by atoms with Gasteiger partial charge in [-0.1, -0.05) is 0 Å². The van der Waals surface area contributed by atoms with E-state index in [0.717, 1.165) is 6.42 Å². The van der Waals surface area contributed by atoms with Gasteiger partial charge in [0, 0.05) is 25.3 Å². The molecule has 1 aliphatic heterocycles. The highest BCUT2D eigenvalue weighted by atomic mass is 16.2. The molecule has 2 rings (SSSR count). The molecule has 1 N–H and O–H groups in total. The zero-order valence-electron chi connectivity index (χ0n) is 6.30. The Bertz CT molecular complexity index is 174. The SMILES string of the molecule is O=C1CC2CC(=O)NC(C1)C2. The maximum absolute atomic E-state index is 11.0. The quantitative estimate of drug-likeness (QED) is 0.542. The number of ketones is 1. The Balaban J connectivity index is 2.11. The molecule has 3 nitrogen and oxygen atoms in total. The molecule has 1 aliphatic carbocycles. The van der Waals surface area contributed by atoms with E-state index in [1.54, 1.807) is 0 Å². The predicted molar refractivity (Wildman–Crippen MR) is 38.9 cm³/mol. The van der Waals surface area contributed by atoms with Gasteiger partial charge in [-0.05, 0) is 12.3 Å². The van der Waals surface area contributed by atoms with E-state index in [1.165, 1.54) is 0 Å². The molecule has 2 bridgehead atoms. The summed E-state index contributed by atoms with van der Waals surface area (Å²) < 4.78 is 0. The molecule has 1 heterocycles. The van der Waals surface area contributed by atoms with Crippen LogP contribution in [0.15, 0.2) is 0 Å². The number of piperidine rings is 1. The summed E-state index contributed by atoms with van der Waals surface area (Å²) in [5.41, 5.74) is 0. The predicted octanol–water partition coefficient (Wildman–Crippen LogP) is 0.244. The van der Waals surface area contributed by atoms with Gasteiger partial charge in [-0.3, -0.25) is 9.59 Å². The van der Waals surface area contributed by atoms with Gasteiger partial charge in [0.15, 0.2) is 0 Å². The number of carbonyl (C=O) groups is 2. The molecule has 0 aromatic carbocycles. The normalized spacial score (nSPS) is 36.7. The van der Waals surface area contributed by atoms with Gasteiger partial charge >= 0.3 is 0 Å². The second-order valence-electron chi connectivity index (χ2n) is 3.52. The molecule has 0 radical (unpaired) electrons. The van der Waals surface area contributed by atoms with Gasteiger partial charge < -0.3 is 5.32 Å². The average Bonchev–Trinajstić information content (AvgIpc) is 1.82. The lowest BCUT2D eigenvalue weighted by molar-refractivity contribution is -0.130. The Hall–Kier alpha value is -0.860. The summed E-state index contributed by atoms with van der Waals surface area (Å²) in [7, 11) is 0. The summed E-state index contributed by atoms with van der Waals surface area (Å²) >= 11 is 0. The number of carbonyl (C=O) groups excluding carboxylic acids is 2. The van der Waals surface area contributed by atoms with Crippen molar-refractivity contribution in [3.63, 3.8) is 0 Å². The van der Waals surface area contributed by atoms with Crippen LogP contribution >= 0.6 is 0 Å². The minimum Gasteiger partial charge on any atom is -0.353 e. The number of rotatable bonds is 0. The van der Waals surface area contributed by atoms with Crippen LogP contribution in [0.5, 0.6) is 0 Å². The van der Waals surface area contributed by atoms with Crippen LogP contribution in [0, 0.1) is 5.92 Å². The molecule has 0 aromatic heterocycles. The number of hydrogen-bond donors (Lipinski definition) is 1. The van der Waals surface area contributed by atoms with Gasteiger partial charge in [0.2, 0.25) is 5.91 Å². The highest BCUT2D eigenvalue weighted by Gasteiger charge is 2.33. The van der Waals surface area contributed by atoms with Gasteiger partial charge in [0.05, 0.1) is 0 Å². The van der Waals surface area contributed by atoms with Crippen molar-refractivity contribution in [1.82, 2.24) is 5.32 Å². The largest absolute Gasteiger partial charge is 0.353 e. The molecule has 2 aliphatic rings. The van der Waals surface area contributed by atoms with Crippen LogP contribution in [-0.4, -0.2) is 17.7 Å². The standard InChI is InChI=1S/C8H11NO2/c10-7-2-5-1-6(4-7)9-8(11)3-5/h5-6H,1-4H2,(H,9,11). The lowest BCUT2D eigenvalue weighted by Gasteiger charge is -2.33. The van der Waals surface area contributed by atoms with Crippen LogP contribution in [0.3, 0.4) is 0 Å². The molecule has 3 heteroatoms. The molecule has 2 unspecified atom stereocenters. The average molecular weight is 153 g/mol. The van der Waals surface area contributed by atoms with E-state index >= 15 is 0 Å². The third kappa shape index (κ3) is 1.27. The van der Waals surface area contributed by atoms with E-state index in [9.17, 15) is 9.59 Å². The minimum absolute atomic E-state index is 0.124. The third-order valence-corrected chi connectivity index (χ3v) is 2.45. The maximum atomic E-state index is 11.0. The molecule has 60 valence electrons. The Morgan fingerprint density at radius 1 is 1.18 bits per heavy atom. The molecule has 1 amide bonds.